The van der Waals surface area contributed by atoms with Crippen molar-refractivity contribution in [3.05, 3.63) is 14.1 Å². The van der Waals surface area contributed by atoms with Crippen LogP contribution >= 0.6 is 0 Å². The fourth-order valence-electron chi connectivity index (χ4n) is 2.10. The second kappa shape index (κ2) is 1.97. The molecule has 2 aliphatic heterocycles. The van der Waals surface area contributed by atoms with Crippen LogP contribution in [0.3, 0.4) is 0 Å². The van der Waals surface area contributed by atoms with Crippen molar-refractivity contribution < 1.29 is 4.79 Å². The lowest BCUT2D eigenvalue weighted by Crippen LogP contribution is -2.54. The largest absolute Gasteiger partial charge is 0.495 e. The van der Waals surface area contributed by atoms with Gasteiger partial charge in [-0.05, 0) is 19.6 Å². The molecule has 2 fully saturated rings. The first-order valence-corrected chi connectivity index (χ1v) is 3.78. The SMILES string of the molecule is [CH2-]N1CC2(CC(=O)N([CH2-])C2)C1. The minimum atomic E-state index is 0.179. The van der Waals surface area contributed by atoms with Gasteiger partial charge in [-0.25, -0.2) is 0 Å². The van der Waals surface area contributed by atoms with Crippen LogP contribution in [0.4, 0.5) is 0 Å². The maximum atomic E-state index is 11.1. The molecule has 0 unspecified atom stereocenters. The number of hydrogen-bond donors (Lipinski definition) is 0. The zero-order valence-electron chi connectivity index (χ0n) is 6.55. The van der Waals surface area contributed by atoms with Gasteiger partial charge in [0.15, 0.2) is 5.91 Å². The Balaban J connectivity index is 2.04. The second-order valence-electron chi connectivity index (χ2n) is 3.76. The van der Waals surface area contributed by atoms with Crippen LogP contribution < -0.4 is 0 Å². The van der Waals surface area contributed by atoms with Gasteiger partial charge in [-0.15, -0.1) is 0 Å². The lowest BCUT2D eigenvalue weighted by atomic mass is 9.79. The smallest absolute Gasteiger partial charge is 0.193 e. The summed E-state index contributed by atoms with van der Waals surface area (Å²) in [6.45, 7) is 2.72. The summed E-state index contributed by atoms with van der Waals surface area (Å²) in [5.41, 5.74) is 0.209. The monoisotopic (exact) mass is 152 g/mol. The highest BCUT2D eigenvalue weighted by Crippen LogP contribution is 2.39. The molecule has 2 saturated heterocycles. The molecule has 0 aromatic heterocycles. The Morgan fingerprint density at radius 2 is 1.91 bits per heavy atom. The third-order valence-electron chi connectivity index (χ3n) is 2.52. The van der Waals surface area contributed by atoms with Gasteiger partial charge in [-0.1, -0.05) is 0 Å². The van der Waals surface area contributed by atoms with Crippen molar-refractivity contribution in [1.29, 1.82) is 0 Å². The van der Waals surface area contributed by atoms with E-state index in [2.05, 4.69) is 14.1 Å². The molecule has 0 aromatic carbocycles. The van der Waals surface area contributed by atoms with Crippen LogP contribution in [0.15, 0.2) is 0 Å². The van der Waals surface area contributed by atoms with Crippen molar-refractivity contribution in [2.24, 2.45) is 5.41 Å². The van der Waals surface area contributed by atoms with Crippen LogP contribution in [-0.4, -0.2) is 35.3 Å². The molecular formula is C8H12N2O-2. The highest BCUT2D eigenvalue weighted by molar-refractivity contribution is 5.80. The van der Waals surface area contributed by atoms with Crippen molar-refractivity contribution in [3.8, 4) is 0 Å². The van der Waals surface area contributed by atoms with Crippen LogP contribution in [0.2, 0.25) is 0 Å². The third kappa shape index (κ3) is 0.948. The van der Waals surface area contributed by atoms with Gasteiger partial charge in [0.25, 0.3) is 0 Å². The molecule has 0 N–H and O–H groups in total. The zero-order valence-corrected chi connectivity index (χ0v) is 6.55. The summed E-state index contributed by atoms with van der Waals surface area (Å²) in [7, 11) is 7.46. The molecule has 3 nitrogen and oxygen atoms in total. The molecule has 62 valence electrons. The Labute approximate surface area is 67.0 Å². The van der Waals surface area contributed by atoms with Crippen molar-refractivity contribution in [2.45, 2.75) is 6.42 Å². The molecule has 2 heterocycles. The van der Waals surface area contributed by atoms with Gasteiger partial charge in [0.05, 0.1) is 0 Å². The minimum Gasteiger partial charge on any atom is -0.495 e. The van der Waals surface area contributed by atoms with E-state index in [1.54, 1.807) is 4.90 Å². The summed E-state index contributed by atoms with van der Waals surface area (Å²) in [6.07, 6.45) is 0.669. The Kier molecular flexibility index (Phi) is 1.27. The first-order chi connectivity index (χ1) is 5.11. The van der Waals surface area contributed by atoms with E-state index in [0.29, 0.717) is 6.42 Å². The highest BCUT2D eigenvalue weighted by atomic mass is 16.2. The standard InChI is InChI=1S/C8H12N2O/c1-9-4-8(5-9)3-7(11)10(2)6-8/h1-6H2/q-2. The maximum absolute atomic E-state index is 11.1. The molecule has 11 heavy (non-hydrogen) atoms. The van der Waals surface area contributed by atoms with E-state index in [1.807, 2.05) is 4.90 Å². The van der Waals surface area contributed by atoms with Gasteiger partial charge in [0.1, 0.15) is 0 Å². The Bertz CT molecular complexity index is 196. The van der Waals surface area contributed by atoms with Gasteiger partial charge in [-0.3, -0.25) is 18.9 Å². The van der Waals surface area contributed by atoms with E-state index >= 15 is 0 Å². The van der Waals surface area contributed by atoms with E-state index in [4.69, 9.17) is 0 Å². The summed E-state index contributed by atoms with van der Waals surface area (Å²) in [5, 5.41) is 0. The Morgan fingerprint density at radius 3 is 2.27 bits per heavy atom. The zero-order chi connectivity index (χ0) is 8.06. The molecule has 0 bridgehead atoms. The van der Waals surface area contributed by atoms with E-state index in [1.165, 1.54) is 0 Å². The van der Waals surface area contributed by atoms with Gasteiger partial charge in [0, 0.05) is 11.8 Å². The van der Waals surface area contributed by atoms with Crippen molar-refractivity contribution in [1.82, 2.24) is 9.80 Å². The molecule has 2 rings (SSSR count). The van der Waals surface area contributed by atoms with Gasteiger partial charge < -0.3 is 9.80 Å². The minimum absolute atomic E-state index is 0.179. The predicted molar refractivity (Wildman–Crippen MR) is 41.1 cm³/mol. The number of amides is 1. The van der Waals surface area contributed by atoms with Gasteiger partial charge >= 0.3 is 0 Å². The summed E-state index contributed by atoms with van der Waals surface area (Å²) < 4.78 is 0. The summed E-state index contributed by atoms with van der Waals surface area (Å²) >= 11 is 0. The van der Waals surface area contributed by atoms with Crippen LogP contribution in [-0.2, 0) is 4.79 Å². The topological polar surface area (TPSA) is 23.6 Å². The van der Waals surface area contributed by atoms with Crippen LogP contribution in [0.1, 0.15) is 6.42 Å². The van der Waals surface area contributed by atoms with Crippen LogP contribution in [0, 0.1) is 19.5 Å². The fraction of sp³-hybridized carbons (Fsp3) is 0.625. The van der Waals surface area contributed by atoms with Crippen molar-refractivity contribution in [2.75, 3.05) is 19.6 Å². The van der Waals surface area contributed by atoms with Crippen LogP contribution in [0.25, 0.3) is 0 Å². The number of rotatable bonds is 0. The maximum Gasteiger partial charge on any atom is 0.193 e. The lowest BCUT2D eigenvalue weighted by Gasteiger charge is -2.51. The fourth-order valence-corrected chi connectivity index (χ4v) is 2.10. The Hall–Kier alpha value is -0.570. The number of carbonyl (C=O) groups is 1. The number of nitrogens with zero attached hydrogens (tertiary/aromatic N) is 2. The van der Waals surface area contributed by atoms with Gasteiger partial charge in [-0.2, -0.15) is 0 Å². The molecule has 0 atom stereocenters. The summed E-state index contributed by atoms with van der Waals surface area (Å²) in [5.74, 6) is 0.179. The van der Waals surface area contributed by atoms with E-state index < -0.39 is 0 Å². The summed E-state index contributed by atoms with van der Waals surface area (Å²) in [6, 6.07) is 0. The van der Waals surface area contributed by atoms with Crippen molar-refractivity contribution >= 4 is 5.91 Å². The van der Waals surface area contributed by atoms with Crippen molar-refractivity contribution in [3.63, 3.8) is 0 Å². The van der Waals surface area contributed by atoms with E-state index in [0.717, 1.165) is 19.6 Å². The molecule has 1 amide bonds. The van der Waals surface area contributed by atoms with Gasteiger partial charge in [0.2, 0.25) is 0 Å². The third-order valence-corrected chi connectivity index (χ3v) is 2.52. The van der Waals surface area contributed by atoms with E-state index in [9.17, 15) is 4.79 Å². The van der Waals surface area contributed by atoms with Crippen LogP contribution in [0.5, 0.6) is 0 Å². The molecular weight excluding hydrogens is 140 g/mol. The number of carbonyl (C=O) groups excluding carboxylic acids is 1. The Morgan fingerprint density at radius 1 is 1.27 bits per heavy atom. The predicted octanol–water partition coefficient (Wildman–Crippen LogP) is 0.104. The molecule has 0 aromatic rings. The second-order valence-corrected chi connectivity index (χ2v) is 3.76. The molecule has 2 aliphatic rings. The number of hydrogen-bond acceptors (Lipinski definition) is 2. The number of likely N-dealkylation sites (tertiary alicyclic amines) is 2. The average molecular weight is 152 g/mol. The first kappa shape index (κ1) is 7.10. The summed E-state index contributed by atoms with van der Waals surface area (Å²) in [4.78, 5) is 14.7. The molecule has 0 saturated carbocycles. The highest BCUT2D eigenvalue weighted by Gasteiger charge is 2.44. The quantitative estimate of drug-likeness (QED) is 0.460. The molecule has 1 spiro atoms. The molecule has 0 aliphatic carbocycles. The average Bonchev–Trinajstić information content (AvgIpc) is 2.07. The lowest BCUT2D eigenvalue weighted by molar-refractivity contribution is -0.126. The molecule has 3 heteroatoms. The normalized spacial score (nSPS) is 29.6. The molecule has 0 radical (unpaired) electrons. The first-order valence-electron chi connectivity index (χ1n) is 3.78. The van der Waals surface area contributed by atoms with E-state index in [-0.39, 0.29) is 11.3 Å².